The van der Waals surface area contributed by atoms with Gasteiger partial charge in [-0.05, 0) is 50.2 Å². The monoisotopic (exact) mass is 541 g/mol. The van der Waals surface area contributed by atoms with Crippen molar-refractivity contribution in [3.63, 3.8) is 0 Å². The number of nitrogens with zero attached hydrogens (tertiary/aromatic N) is 5. The number of carbonyl (C=O) groups excluding carboxylic acids is 1. The molecule has 1 aliphatic heterocycles. The second kappa shape index (κ2) is 11.1. The van der Waals surface area contributed by atoms with Crippen LogP contribution in [0.1, 0.15) is 52.8 Å². The fraction of sp³-hybridized carbons (Fsp3) is 0.393. The number of aromatic nitrogens is 2. The number of halogens is 3. The minimum absolute atomic E-state index is 0.00681. The zero-order valence-electron chi connectivity index (χ0n) is 21.8. The largest absolute Gasteiger partial charge is 0.435 e. The van der Waals surface area contributed by atoms with Crippen molar-refractivity contribution in [1.82, 2.24) is 19.6 Å². The molecule has 0 N–H and O–H groups in total. The summed E-state index contributed by atoms with van der Waals surface area (Å²) in [5.41, 5.74) is 1.04. The highest BCUT2D eigenvalue weighted by atomic mass is 32.1. The molecule has 1 unspecified atom stereocenters. The van der Waals surface area contributed by atoms with Gasteiger partial charge in [-0.25, -0.2) is 0 Å². The van der Waals surface area contributed by atoms with Crippen molar-refractivity contribution in [1.29, 1.82) is 5.26 Å². The van der Waals surface area contributed by atoms with Gasteiger partial charge in [-0.2, -0.15) is 23.5 Å². The first kappa shape index (κ1) is 27.6. The second-order valence-electron chi connectivity index (χ2n) is 9.50. The Bertz CT molecular complexity index is 1380. The van der Waals surface area contributed by atoms with Gasteiger partial charge in [0.15, 0.2) is 5.69 Å². The number of hydrogen-bond acceptors (Lipinski definition) is 5. The lowest BCUT2D eigenvalue weighted by Gasteiger charge is -2.33. The number of nitriles is 1. The van der Waals surface area contributed by atoms with Crippen LogP contribution in [-0.2, 0) is 24.1 Å². The predicted molar refractivity (Wildman–Crippen MR) is 142 cm³/mol. The molecule has 3 heterocycles. The second-order valence-corrected chi connectivity index (χ2v) is 10.6. The number of benzene rings is 1. The standard InChI is InChI=1S/C28H30F3N5OS/c1-5-18(34(3)4)11-12-26(37)35-15-23(22-13-19(14-32)38-25(22)17-35)20-9-7-8-10-21(20)24-16-36(6-2)33-27(24)28(29,30)31/h7-13,16,18,23H,5-6,15,17H2,1-4H3/b12-11+/t18?,23-/m0/s1. The maximum Gasteiger partial charge on any atom is 0.435 e. The molecule has 10 heteroatoms. The van der Waals surface area contributed by atoms with Gasteiger partial charge in [-0.1, -0.05) is 37.3 Å². The molecule has 38 heavy (non-hydrogen) atoms. The maximum atomic E-state index is 14.0. The van der Waals surface area contributed by atoms with Crippen LogP contribution in [-0.4, -0.2) is 52.2 Å². The van der Waals surface area contributed by atoms with Crippen LogP contribution in [0.25, 0.3) is 11.1 Å². The number of carbonyl (C=O) groups is 1. The van der Waals surface area contributed by atoms with Crippen molar-refractivity contribution in [2.75, 3.05) is 20.6 Å². The lowest BCUT2D eigenvalue weighted by atomic mass is 9.83. The van der Waals surface area contributed by atoms with Crippen LogP contribution in [0.5, 0.6) is 0 Å². The summed E-state index contributed by atoms with van der Waals surface area (Å²) in [5, 5.41) is 13.4. The van der Waals surface area contributed by atoms with Crippen LogP contribution in [0.3, 0.4) is 0 Å². The van der Waals surface area contributed by atoms with E-state index >= 15 is 0 Å². The molecular weight excluding hydrogens is 511 g/mol. The third kappa shape index (κ3) is 5.54. The van der Waals surface area contributed by atoms with E-state index in [4.69, 9.17) is 0 Å². The summed E-state index contributed by atoms with van der Waals surface area (Å²) in [6.45, 7) is 4.72. The summed E-state index contributed by atoms with van der Waals surface area (Å²) in [7, 11) is 3.90. The highest BCUT2D eigenvalue weighted by Gasteiger charge is 2.39. The SMILES string of the molecule is CCC(/C=C/C(=O)N1Cc2sc(C#N)cc2[C@H](c2ccccc2-c2cn(CC)nc2C(F)(F)F)C1)N(C)C. The molecule has 0 aliphatic carbocycles. The van der Waals surface area contributed by atoms with E-state index in [1.165, 1.54) is 22.2 Å². The number of hydrogen-bond donors (Lipinski definition) is 0. The van der Waals surface area contributed by atoms with Crippen LogP contribution in [0.4, 0.5) is 13.2 Å². The Kier molecular flexibility index (Phi) is 8.09. The number of thiophene rings is 1. The molecule has 0 bridgehead atoms. The molecule has 0 saturated heterocycles. The minimum atomic E-state index is -4.62. The highest BCUT2D eigenvalue weighted by Crippen LogP contribution is 2.44. The third-order valence-electron chi connectivity index (χ3n) is 6.90. The van der Waals surface area contributed by atoms with Crippen LogP contribution < -0.4 is 0 Å². The van der Waals surface area contributed by atoms with Crippen molar-refractivity contribution in [2.24, 2.45) is 0 Å². The summed E-state index contributed by atoms with van der Waals surface area (Å²) in [6.07, 6.45) is 1.11. The van der Waals surface area contributed by atoms with E-state index in [0.717, 1.165) is 16.9 Å². The Morgan fingerprint density at radius 3 is 2.63 bits per heavy atom. The van der Waals surface area contributed by atoms with E-state index in [-0.39, 0.29) is 24.1 Å². The van der Waals surface area contributed by atoms with Gasteiger partial charge in [0.2, 0.25) is 5.91 Å². The lowest BCUT2D eigenvalue weighted by Crippen LogP contribution is -2.37. The fourth-order valence-electron chi connectivity index (χ4n) is 4.91. The molecule has 0 radical (unpaired) electrons. The fourth-order valence-corrected chi connectivity index (χ4v) is 5.95. The van der Waals surface area contributed by atoms with Gasteiger partial charge in [-0.15, -0.1) is 11.3 Å². The van der Waals surface area contributed by atoms with E-state index in [1.54, 1.807) is 48.2 Å². The van der Waals surface area contributed by atoms with Crippen molar-refractivity contribution in [2.45, 2.75) is 51.5 Å². The zero-order chi connectivity index (χ0) is 27.6. The quantitative estimate of drug-likeness (QED) is 0.350. The van der Waals surface area contributed by atoms with Gasteiger partial charge >= 0.3 is 6.18 Å². The van der Waals surface area contributed by atoms with E-state index < -0.39 is 17.8 Å². The average molecular weight is 542 g/mol. The van der Waals surface area contributed by atoms with Crippen LogP contribution in [0, 0.1) is 11.3 Å². The van der Waals surface area contributed by atoms with Crippen molar-refractivity contribution in [3.8, 4) is 17.2 Å². The lowest BCUT2D eigenvalue weighted by molar-refractivity contribution is -0.141. The molecule has 2 atom stereocenters. The molecule has 4 rings (SSSR count). The van der Waals surface area contributed by atoms with Gasteiger partial charge in [0.1, 0.15) is 10.9 Å². The van der Waals surface area contributed by atoms with Gasteiger partial charge in [-0.3, -0.25) is 9.48 Å². The first-order chi connectivity index (χ1) is 18.1. The van der Waals surface area contributed by atoms with Gasteiger partial charge in [0.05, 0.1) is 6.54 Å². The molecule has 1 amide bonds. The maximum absolute atomic E-state index is 14.0. The van der Waals surface area contributed by atoms with E-state index in [0.29, 0.717) is 29.1 Å². The third-order valence-corrected chi connectivity index (χ3v) is 7.94. The highest BCUT2D eigenvalue weighted by molar-refractivity contribution is 7.12. The normalized spacial score (nSPS) is 16.6. The molecule has 0 saturated carbocycles. The number of fused-ring (bicyclic) bond motifs is 1. The molecular formula is C28H30F3N5OS. The van der Waals surface area contributed by atoms with Crippen molar-refractivity contribution < 1.29 is 18.0 Å². The van der Waals surface area contributed by atoms with E-state index in [9.17, 15) is 23.2 Å². The molecule has 6 nitrogen and oxygen atoms in total. The first-order valence-corrected chi connectivity index (χ1v) is 13.3. The topological polar surface area (TPSA) is 65.2 Å². The number of alkyl halides is 3. The number of amides is 1. The molecule has 3 aromatic rings. The van der Waals surface area contributed by atoms with Crippen LogP contribution in [0.15, 0.2) is 48.7 Å². The Balaban J connectivity index is 1.80. The summed E-state index contributed by atoms with van der Waals surface area (Å²) in [4.78, 5) is 18.4. The van der Waals surface area contributed by atoms with Gasteiger partial charge in [0.25, 0.3) is 0 Å². The van der Waals surface area contributed by atoms with Gasteiger partial charge in [0, 0.05) is 47.8 Å². The number of likely N-dealkylation sites (N-methyl/N-ethyl adjacent to an activating group) is 1. The summed E-state index contributed by atoms with van der Waals surface area (Å²) < 4.78 is 43.2. The molecule has 0 spiro atoms. The Labute approximate surface area is 224 Å². The van der Waals surface area contributed by atoms with Crippen molar-refractivity contribution >= 4 is 17.2 Å². The van der Waals surface area contributed by atoms with Crippen molar-refractivity contribution in [3.05, 3.63) is 75.3 Å². The summed E-state index contributed by atoms with van der Waals surface area (Å²) in [6, 6.07) is 11.1. The van der Waals surface area contributed by atoms with Crippen LogP contribution >= 0.6 is 11.3 Å². The Morgan fingerprint density at radius 2 is 2.00 bits per heavy atom. The average Bonchev–Trinajstić information content (AvgIpc) is 3.52. The summed E-state index contributed by atoms with van der Waals surface area (Å²) >= 11 is 1.32. The molecule has 1 aromatic carbocycles. The van der Waals surface area contributed by atoms with Gasteiger partial charge < -0.3 is 9.80 Å². The first-order valence-electron chi connectivity index (χ1n) is 12.5. The van der Waals surface area contributed by atoms with E-state index in [2.05, 4.69) is 11.2 Å². The molecule has 0 fully saturated rings. The Hall–Kier alpha value is -3.42. The molecule has 1 aliphatic rings. The molecule has 200 valence electrons. The number of rotatable bonds is 7. The predicted octanol–water partition coefficient (Wildman–Crippen LogP) is 5.89. The summed E-state index contributed by atoms with van der Waals surface area (Å²) in [5.74, 6) is -0.562. The van der Waals surface area contributed by atoms with E-state index in [1.807, 2.05) is 32.0 Å². The Morgan fingerprint density at radius 1 is 1.26 bits per heavy atom. The zero-order valence-corrected chi connectivity index (χ0v) is 22.6. The van der Waals surface area contributed by atoms with Crippen LogP contribution in [0.2, 0.25) is 0 Å². The molecule has 2 aromatic heterocycles. The smallest absolute Gasteiger partial charge is 0.333 e. The minimum Gasteiger partial charge on any atom is -0.333 e. The number of aryl methyl sites for hydroxylation is 1.